The lowest BCUT2D eigenvalue weighted by Gasteiger charge is -2.32. The topological polar surface area (TPSA) is 61.4 Å². The van der Waals surface area contributed by atoms with Gasteiger partial charge in [-0.3, -0.25) is 4.79 Å². The molecule has 0 radical (unpaired) electrons. The maximum absolute atomic E-state index is 11.8. The van der Waals surface area contributed by atoms with Crippen molar-refractivity contribution >= 4 is 29.3 Å². The monoisotopic (exact) mass is 295 g/mol. The first-order chi connectivity index (χ1) is 9.63. The SMILES string of the molecule is CCCNc1cc(N2CCN(C)C(=O)C2)nc(SC)n1. The van der Waals surface area contributed by atoms with Gasteiger partial charge in [0.25, 0.3) is 0 Å². The van der Waals surface area contributed by atoms with Crippen molar-refractivity contribution in [3.05, 3.63) is 6.07 Å². The highest BCUT2D eigenvalue weighted by molar-refractivity contribution is 7.98. The van der Waals surface area contributed by atoms with Crippen molar-refractivity contribution < 1.29 is 4.79 Å². The Labute approximate surface area is 124 Å². The molecule has 0 atom stereocenters. The molecule has 0 spiro atoms. The number of hydrogen-bond acceptors (Lipinski definition) is 6. The van der Waals surface area contributed by atoms with Gasteiger partial charge in [0.2, 0.25) is 5.91 Å². The second-order valence-corrected chi connectivity index (χ2v) is 5.54. The highest BCUT2D eigenvalue weighted by Gasteiger charge is 2.22. The van der Waals surface area contributed by atoms with E-state index in [2.05, 4.69) is 22.2 Å². The van der Waals surface area contributed by atoms with Crippen LogP contribution in [0, 0.1) is 0 Å². The fraction of sp³-hybridized carbons (Fsp3) is 0.615. The van der Waals surface area contributed by atoms with Crippen molar-refractivity contribution in [1.29, 1.82) is 0 Å². The van der Waals surface area contributed by atoms with Crippen LogP contribution in [0.5, 0.6) is 0 Å². The number of piperazine rings is 1. The molecule has 0 unspecified atom stereocenters. The Morgan fingerprint density at radius 1 is 1.40 bits per heavy atom. The van der Waals surface area contributed by atoms with E-state index in [1.165, 1.54) is 11.8 Å². The van der Waals surface area contributed by atoms with Crippen LogP contribution in [-0.2, 0) is 4.79 Å². The Morgan fingerprint density at radius 3 is 2.85 bits per heavy atom. The normalized spacial score (nSPS) is 15.7. The second kappa shape index (κ2) is 6.78. The predicted octanol–water partition coefficient (Wildman–Crippen LogP) is 1.30. The summed E-state index contributed by atoms with van der Waals surface area (Å²) in [5.74, 6) is 1.78. The number of hydrogen-bond donors (Lipinski definition) is 1. The van der Waals surface area contributed by atoms with Gasteiger partial charge in [0.15, 0.2) is 5.16 Å². The molecular weight excluding hydrogens is 274 g/mol. The van der Waals surface area contributed by atoms with Gasteiger partial charge in [0, 0.05) is 32.7 Å². The minimum atomic E-state index is 0.128. The second-order valence-electron chi connectivity index (χ2n) is 4.76. The average molecular weight is 295 g/mol. The summed E-state index contributed by atoms with van der Waals surface area (Å²) >= 11 is 1.51. The molecule has 2 heterocycles. The summed E-state index contributed by atoms with van der Waals surface area (Å²) in [5.41, 5.74) is 0. The Hall–Kier alpha value is -1.50. The highest BCUT2D eigenvalue weighted by atomic mass is 32.2. The lowest BCUT2D eigenvalue weighted by molar-refractivity contribution is -0.129. The molecule has 1 fully saturated rings. The first-order valence-electron chi connectivity index (χ1n) is 6.80. The summed E-state index contributed by atoms with van der Waals surface area (Å²) in [5, 5.41) is 4.01. The molecule has 1 saturated heterocycles. The van der Waals surface area contributed by atoms with Crippen molar-refractivity contribution in [3.63, 3.8) is 0 Å². The van der Waals surface area contributed by atoms with E-state index in [1.54, 1.807) is 4.90 Å². The Morgan fingerprint density at radius 2 is 2.20 bits per heavy atom. The predicted molar refractivity (Wildman–Crippen MR) is 82.4 cm³/mol. The van der Waals surface area contributed by atoms with Crippen LogP contribution < -0.4 is 10.2 Å². The quantitative estimate of drug-likeness (QED) is 0.652. The standard InChI is InChI=1S/C13H21N5OS/c1-4-5-14-10-8-11(16-13(15-10)20-3)18-7-6-17(2)12(19)9-18/h8H,4-7,9H2,1-3H3,(H,14,15,16). The van der Waals surface area contributed by atoms with Gasteiger partial charge >= 0.3 is 0 Å². The van der Waals surface area contributed by atoms with Crippen LogP contribution in [0.1, 0.15) is 13.3 Å². The van der Waals surface area contributed by atoms with Crippen LogP contribution in [0.15, 0.2) is 11.2 Å². The van der Waals surface area contributed by atoms with E-state index in [0.717, 1.165) is 42.8 Å². The van der Waals surface area contributed by atoms with Gasteiger partial charge in [-0.15, -0.1) is 0 Å². The lowest BCUT2D eigenvalue weighted by atomic mass is 10.3. The molecule has 1 aliphatic heterocycles. The third-order valence-electron chi connectivity index (χ3n) is 3.21. The smallest absolute Gasteiger partial charge is 0.241 e. The number of thioether (sulfide) groups is 1. The van der Waals surface area contributed by atoms with Crippen molar-refractivity contribution in [3.8, 4) is 0 Å². The van der Waals surface area contributed by atoms with Crippen LogP contribution in [0.25, 0.3) is 0 Å². The van der Waals surface area contributed by atoms with E-state index in [-0.39, 0.29) is 5.91 Å². The average Bonchev–Trinajstić information content (AvgIpc) is 2.47. The maximum atomic E-state index is 11.8. The molecular formula is C13H21N5OS. The molecule has 110 valence electrons. The summed E-state index contributed by atoms with van der Waals surface area (Å²) in [7, 11) is 1.83. The van der Waals surface area contributed by atoms with Crippen molar-refractivity contribution in [2.75, 3.05) is 49.7 Å². The van der Waals surface area contributed by atoms with Gasteiger partial charge in [0.05, 0.1) is 6.54 Å². The van der Waals surface area contributed by atoms with E-state index >= 15 is 0 Å². The molecule has 1 amide bonds. The molecule has 20 heavy (non-hydrogen) atoms. The fourth-order valence-corrected chi connectivity index (χ4v) is 2.34. The molecule has 6 nitrogen and oxygen atoms in total. The molecule has 1 aromatic heterocycles. The largest absolute Gasteiger partial charge is 0.370 e. The number of carbonyl (C=O) groups is 1. The van der Waals surface area contributed by atoms with Crippen LogP contribution in [0.2, 0.25) is 0 Å². The summed E-state index contributed by atoms with van der Waals surface area (Å²) in [6, 6.07) is 1.92. The number of aromatic nitrogens is 2. The van der Waals surface area contributed by atoms with Gasteiger partial charge < -0.3 is 15.1 Å². The number of nitrogens with zero attached hydrogens (tertiary/aromatic N) is 4. The van der Waals surface area contributed by atoms with Crippen molar-refractivity contribution in [1.82, 2.24) is 14.9 Å². The van der Waals surface area contributed by atoms with Crippen LogP contribution in [-0.4, -0.2) is 60.3 Å². The maximum Gasteiger partial charge on any atom is 0.241 e. The summed E-state index contributed by atoms with van der Waals surface area (Å²) < 4.78 is 0. The number of nitrogens with one attached hydrogen (secondary N) is 1. The molecule has 0 saturated carbocycles. The molecule has 1 N–H and O–H groups in total. The number of rotatable bonds is 5. The van der Waals surface area contributed by atoms with Gasteiger partial charge in [-0.2, -0.15) is 0 Å². The lowest BCUT2D eigenvalue weighted by Crippen LogP contribution is -2.48. The first kappa shape index (κ1) is 14.9. The van der Waals surface area contributed by atoms with E-state index in [4.69, 9.17) is 0 Å². The van der Waals surface area contributed by atoms with E-state index in [0.29, 0.717) is 6.54 Å². The minimum Gasteiger partial charge on any atom is -0.370 e. The first-order valence-corrected chi connectivity index (χ1v) is 8.02. The number of amides is 1. The Bertz CT molecular complexity index is 482. The zero-order valence-electron chi connectivity index (χ0n) is 12.2. The van der Waals surface area contributed by atoms with Gasteiger partial charge in [-0.25, -0.2) is 9.97 Å². The van der Waals surface area contributed by atoms with Crippen LogP contribution >= 0.6 is 11.8 Å². The van der Waals surface area contributed by atoms with E-state index < -0.39 is 0 Å². The molecule has 0 bridgehead atoms. The summed E-state index contributed by atoms with van der Waals surface area (Å²) in [4.78, 5) is 24.5. The molecule has 0 aliphatic carbocycles. The van der Waals surface area contributed by atoms with Gasteiger partial charge in [-0.1, -0.05) is 18.7 Å². The van der Waals surface area contributed by atoms with Crippen LogP contribution in [0.4, 0.5) is 11.6 Å². The molecule has 7 heteroatoms. The molecule has 1 aromatic rings. The zero-order chi connectivity index (χ0) is 14.5. The number of likely N-dealkylation sites (N-methyl/N-ethyl adjacent to an activating group) is 1. The number of carbonyl (C=O) groups excluding carboxylic acids is 1. The van der Waals surface area contributed by atoms with E-state index in [1.807, 2.05) is 24.3 Å². The minimum absolute atomic E-state index is 0.128. The highest BCUT2D eigenvalue weighted by Crippen LogP contribution is 2.21. The number of anilines is 2. The Balaban J connectivity index is 2.19. The summed E-state index contributed by atoms with van der Waals surface area (Å²) in [6.45, 7) is 4.92. The third kappa shape index (κ3) is 3.53. The fourth-order valence-electron chi connectivity index (χ4n) is 1.96. The van der Waals surface area contributed by atoms with Crippen molar-refractivity contribution in [2.45, 2.75) is 18.5 Å². The summed E-state index contributed by atoms with van der Waals surface area (Å²) in [6.07, 6.45) is 3.00. The Kier molecular flexibility index (Phi) is 5.05. The third-order valence-corrected chi connectivity index (χ3v) is 3.76. The van der Waals surface area contributed by atoms with Gasteiger partial charge in [-0.05, 0) is 12.7 Å². The zero-order valence-corrected chi connectivity index (χ0v) is 13.0. The van der Waals surface area contributed by atoms with E-state index in [9.17, 15) is 4.79 Å². The molecule has 1 aliphatic rings. The molecule has 0 aromatic carbocycles. The van der Waals surface area contributed by atoms with Crippen LogP contribution in [0.3, 0.4) is 0 Å². The van der Waals surface area contributed by atoms with Crippen molar-refractivity contribution in [2.24, 2.45) is 0 Å². The molecule has 2 rings (SSSR count). The van der Waals surface area contributed by atoms with Gasteiger partial charge in [0.1, 0.15) is 11.6 Å².